The minimum Gasteiger partial charge on any atom is -0.494 e. The molecule has 0 radical (unpaired) electrons. The summed E-state index contributed by atoms with van der Waals surface area (Å²) in [6.07, 6.45) is 1.41. The number of rotatable bonds is 5. The highest BCUT2D eigenvalue weighted by molar-refractivity contribution is 6.33. The minimum atomic E-state index is -0.633. The van der Waals surface area contributed by atoms with Crippen LogP contribution in [0.1, 0.15) is 17.4 Å². The molecule has 1 saturated heterocycles. The maximum atomic E-state index is 12.4. The zero-order valence-electron chi connectivity index (χ0n) is 13.8. The van der Waals surface area contributed by atoms with E-state index < -0.39 is 5.97 Å². The first-order chi connectivity index (χ1) is 12.2. The quantitative estimate of drug-likeness (QED) is 0.597. The topological polar surface area (TPSA) is 73.8 Å². The van der Waals surface area contributed by atoms with Crippen LogP contribution < -0.4 is 14.4 Å². The largest absolute Gasteiger partial charge is 0.494 e. The van der Waals surface area contributed by atoms with Crippen molar-refractivity contribution in [1.82, 2.24) is 9.97 Å². The minimum absolute atomic E-state index is 0.0343. The lowest BCUT2D eigenvalue weighted by Gasteiger charge is -2.26. The Kier molecular flexibility index (Phi) is 5.67. The standard InChI is InChI=1S/C17H18ClN3O4/c1-2-24-12-3-5-13(6-4-12)25-16(22)15-14(18)11-19-17(20-15)21-7-9-23-10-8-21/h3-6,11H,2,7-10H2,1H3. The highest BCUT2D eigenvalue weighted by Gasteiger charge is 2.20. The highest BCUT2D eigenvalue weighted by Crippen LogP contribution is 2.22. The summed E-state index contributed by atoms with van der Waals surface area (Å²) in [7, 11) is 0. The SMILES string of the molecule is CCOc1ccc(OC(=O)c2nc(N3CCOCC3)ncc2Cl)cc1. The Bertz CT molecular complexity index is 733. The van der Waals surface area contributed by atoms with Crippen molar-refractivity contribution in [2.75, 3.05) is 37.8 Å². The molecule has 1 aromatic carbocycles. The zero-order chi connectivity index (χ0) is 17.6. The van der Waals surface area contributed by atoms with E-state index in [0.29, 0.717) is 50.4 Å². The third-order valence-corrected chi connectivity index (χ3v) is 3.84. The molecule has 0 bridgehead atoms. The number of carbonyl (C=O) groups excluding carboxylic acids is 1. The Balaban J connectivity index is 1.74. The Labute approximate surface area is 150 Å². The Morgan fingerprint density at radius 2 is 1.92 bits per heavy atom. The van der Waals surface area contributed by atoms with Gasteiger partial charge in [-0.15, -0.1) is 0 Å². The van der Waals surface area contributed by atoms with Gasteiger partial charge in [0.15, 0.2) is 5.69 Å². The van der Waals surface area contributed by atoms with Crippen LogP contribution in [0.25, 0.3) is 0 Å². The number of morpholine rings is 1. The number of ether oxygens (including phenoxy) is 3. The second-order valence-electron chi connectivity index (χ2n) is 5.26. The smallest absolute Gasteiger partial charge is 0.364 e. The summed E-state index contributed by atoms with van der Waals surface area (Å²) in [6, 6.07) is 6.77. The molecule has 0 unspecified atom stereocenters. The Morgan fingerprint density at radius 3 is 2.60 bits per heavy atom. The number of hydrogen-bond donors (Lipinski definition) is 0. The summed E-state index contributed by atoms with van der Waals surface area (Å²) >= 11 is 6.07. The van der Waals surface area contributed by atoms with Crippen molar-refractivity contribution in [3.8, 4) is 11.5 Å². The van der Waals surface area contributed by atoms with E-state index in [1.54, 1.807) is 24.3 Å². The highest BCUT2D eigenvalue weighted by atomic mass is 35.5. The molecule has 8 heteroatoms. The summed E-state index contributed by atoms with van der Waals surface area (Å²) in [4.78, 5) is 22.8. The van der Waals surface area contributed by atoms with Gasteiger partial charge in [0.2, 0.25) is 5.95 Å². The molecule has 132 valence electrons. The van der Waals surface area contributed by atoms with E-state index in [4.69, 9.17) is 25.8 Å². The van der Waals surface area contributed by atoms with Gasteiger partial charge >= 0.3 is 5.97 Å². The number of aromatic nitrogens is 2. The molecule has 0 N–H and O–H groups in total. The fourth-order valence-corrected chi connectivity index (χ4v) is 2.51. The molecule has 1 aromatic heterocycles. The molecule has 1 aliphatic rings. The van der Waals surface area contributed by atoms with Crippen molar-refractivity contribution >= 4 is 23.5 Å². The van der Waals surface area contributed by atoms with Crippen LogP contribution in [0.3, 0.4) is 0 Å². The van der Waals surface area contributed by atoms with E-state index >= 15 is 0 Å². The molecule has 1 aliphatic heterocycles. The molecule has 2 aromatic rings. The number of anilines is 1. The predicted octanol–water partition coefficient (Wildman–Crippen LogP) is 2.58. The normalized spacial score (nSPS) is 14.2. The lowest BCUT2D eigenvalue weighted by molar-refractivity contribution is 0.0728. The second-order valence-corrected chi connectivity index (χ2v) is 5.67. The van der Waals surface area contributed by atoms with Crippen LogP contribution in [-0.2, 0) is 4.74 Å². The van der Waals surface area contributed by atoms with Gasteiger partial charge in [0.1, 0.15) is 11.5 Å². The molecule has 0 atom stereocenters. The molecule has 0 aliphatic carbocycles. The van der Waals surface area contributed by atoms with Crippen molar-refractivity contribution in [2.24, 2.45) is 0 Å². The van der Waals surface area contributed by atoms with Crippen LogP contribution in [0.4, 0.5) is 5.95 Å². The van der Waals surface area contributed by atoms with Gasteiger partial charge in [0.05, 0.1) is 31.0 Å². The van der Waals surface area contributed by atoms with E-state index in [-0.39, 0.29) is 10.7 Å². The third-order valence-electron chi connectivity index (χ3n) is 3.56. The van der Waals surface area contributed by atoms with Crippen LogP contribution >= 0.6 is 11.6 Å². The van der Waals surface area contributed by atoms with Crippen molar-refractivity contribution in [3.05, 3.63) is 41.2 Å². The lowest BCUT2D eigenvalue weighted by atomic mass is 10.3. The van der Waals surface area contributed by atoms with Gasteiger partial charge in [-0.25, -0.2) is 14.8 Å². The van der Waals surface area contributed by atoms with Gasteiger partial charge in [0.25, 0.3) is 0 Å². The summed E-state index contributed by atoms with van der Waals surface area (Å²) in [6.45, 7) is 4.98. The Morgan fingerprint density at radius 1 is 1.24 bits per heavy atom. The first-order valence-corrected chi connectivity index (χ1v) is 8.35. The Hall–Kier alpha value is -2.38. The van der Waals surface area contributed by atoms with Crippen LogP contribution in [0.5, 0.6) is 11.5 Å². The molecule has 7 nitrogen and oxygen atoms in total. The molecule has 1 fully saturated rings. The van der Waals surface area contributed by atoms with Gasteiger partial charge in [0, 0.05) is 13.1 Å². The maximum Gasteiger partial charge on any atom is 0.364 e. The zero-order valence-corrected chi connectivity index (χ0v) is 14.5. The van der Waals surface area contributed by atoms with Gasteiger partial charge < -0.3 is 19.1 Å². The van der Waals surface area contributed by atoms with Crippen LogP contribution in [0.2, 0.25) is 5.02 Å². The number of hydrogen-bond acceptors (Lipinski definition) is 7. The van der Waals surface area contributed by atoms with Crippen molar-refractivity contribution < 1.29 is 19.0 Å². The van der Waals surface area contributed by atoms with Gasteiger partial charge in [-0.05, 0) is 31.2 Å². The van der Waals surface area contributed by atoms with Gasteiger partial charge in [-0.2, -0.15) is 0 Å². The molecule has 25 heavy (non-hydrogen) atoms. The van der Waals surface area contributed by atoms with E-state index in [0.717, 1.165) is 0 Å². The third kappa shape index (κ3) is 4.37. The fraction of sp³-hybridized carbons (Fsp3) is 0.353. The summed E-state index contributed by atoms with van der Waals surface area (Å²) in [5.41, 5.74) is 0.0343. The molecular weight excluding hydrogens is 346 g/mol. The maximum absolute atomic E-state index is 12.4. The number of carbonyl (C=O) groups is 1. The van der Waals surface area contributed by atoms with Crippen molar-refractivity contribution in [1.29, 1.82) is 0 Å². The average Bonchev–Trinajstić information content (AvgIpc) is 2.64. The van der Waals surface area contributed by atoms with E-state index in [9.17, 15) is 4.79 Å². The van der Waals surface area contributed by atoms with Crippen LogP contribution in [0.15, 0.2) is 30.5 Å². The monoisotopic (exact) mass is 363 g/mol. The van der Waals surface area contributed by atoms with Crippen LogP contribution in [-0.4, -0.2) is 48.8 Å². The molecule has 2 heterocycles. The van der Waals surface area contributed by atoms with Crippen LogP contribution in [0, 0.1) is 0 Å². The molecule has 0 saturated carbocycles. The number of esters is 1. The molecular formula is C17H18ClN3O4. The number of nitrogens with zero attached hydrogens (tertiary/aromatic N) is 3. The lowest BCUT2D eigenvalue weighted by Crippen LogP contribution is -2.37. The van der Waals surface area contributed by atoms with Gasteiger partial charge in [-0.3, -0.25) is 0 Å². The van der Waals surface area contributed by atoms with Gasteiger partial charge in [-0.1, -0.05) is 11.6 Å². The summed E-state index contributed by atoms with van der Waals surface area (Å²) in [5.74, 6) is 0.894. The number of benzene rings is 1. The average molecular weight is 364 g/mol. The summed E-state index contributed by atoms with van der Waals surface area (Å²) < 4.78 is 16.0. The summed E-state index contributed by atoms with van der Waals surface area (Å²) in [5, 5.41) is 0.146. The van der Waals surface area contributed by atoms with Crippen molar-refractivity contribution in [2.45, 2.75) is 6.92 Å². The molecule has 3 rings (SSSR count). The molecule has 0 spiro atoms. The fourth-order valence-electron chi connectivity index (χ4n) is 2.34. The predicted molar refractivity (Wildman–Crippen MR) is 92.6 cm³/mol. The first-order valence-electron chi connectivity index (χ1n) is 7.97. The van der Waals surface area contributed by atoms with Crippen molar-refractivity contribution in [3.63, 3.8) is 0 Å². The second kappa shape index (κ2) is 8.13. The molecule has 0 amide bonds. The first kappa shape index (κ1) is 17.4. The number of halogens is 1. The van der Waals surface area contributed by atoms with E-state index in [2.05, 4.69) is 9.97 Å². The van der Waals surface area contributed by atoms with E-state index in [1.165, 1.54) is 6.20 Å². The van der Waals surface area contributed by atoms with E-state index in [1.807, 2.05) is 11.8 Å².